The molecule has 3 aliphatic heterocycles. The number of aliphatic hydroxyl groups excluding tert-OH is 1. The van der Waals surface area contributed by atoms with Gasteiger partial charge in [0.2, 0.25) is 0 Å². The third-order valence-electron chi connectivity index (χ3n) is 7.15. The molecule has 3 aliphatic rings. The Morgan fingerprint density at radius 2 is 1.83 bits per heavy atom. The van der Waals surface area contributed by atoms with Gasteiger partial charge in [-0.3, -0.25) is 9.78 Å². The van der Waals surface area contributed by atoms with Gasteiger partial charge in [0.1, 0.15) is 17.0 Å². The van der Waals surface area contributed by atoms with Crippen LogP contribution in [0.3, 0.4) is 0 Å². The van der Waals surface area contributed by atoms with Crippen LogP contribution in [0.2, 0.25) is 0 Å². The molecule has 0 aliphatic carbocycles. The Hall–Kier alpha value is -3.39. The summed E-state index contributed by atoms with van der Waals surface area (Å²) in [7, 11) is 0. The number of rotatable bonds is 2. The first-order valence-corrected chi connectivity index (χ1v) is 12.5. The summed E-state index contributed by atoms with van der Waals surface area (Å²) in [5.74, 6) is 0.635. The van der Waals surface area contributed by atoms with Crippen LogP contribution in [0.25, 0.3) is 16.8 Å². The third-order valence-corrected chi connectivity index (χ3v) is 7.15. The highest BCUT2D eigenvalue weighted by Crippen LogP contribution is 2.48. The highest BCUT2D eigenvalue weighted by Gasteiger charge is 2.46. The van der Waals surface area contributed by atoms with Gasteiger partial charge in [-0.05, 0) is 51.0 Å². The van der Waals surface area contributed by atoms with Crippen LogP contribution in [-0.2, 0) is 4.74 Å². The van der Waals surface area contributed by atoms with Gasteiger partial charge < -0.3 is 24.4 Å². The number of fused-ring (bicyclic) bond motifs is 1. The SMILES string of the molecule is C=C1c2cc(-c3ccc(C(=O)N4CC[C@@H](O)C4)cc3)ncc2OC12CCN(C(=O)OC(C)(C)C)CC2. The lowest BCUT2D eigenvalue weighted by molar-refractivity contribution is 0.00444. The molecule has 0 saturated carbocycles. The predicted octanol–water partition coefficient (Wildman–Crippen LogP) is 4.13. The summed E-state index contributed by atoms with van der Waals surface area (Å²) in [5, 5.41) is 9.71. The molecule has 190 valence electrons. The van der Waals surface area contributed by atoms with Crippen molar-refractivity contribution in [2.45, 2.75) is 57.3 Å². The number of carbonyl (C=O) groups excluding carboxylic acids is 2. The second-order valence-electron chi connectivity index (χ2n) is 10.9. The molecule has 4 heterocycles. The van der Waals surface area contributed by atoms with Crippen LogP contribution in [0.15, 0.2) is 43.1 Å². The van der Waals surface area contributed by atoms with E-state index in [2.05, 4.69) is 11.6 Å². The Morgan fingerprint density at radius 3 is 2.44 bits per heavy atom. The Bertz CT molecular complexity index is 1190. The largest absolute Gasteiger partial charge is 0.480 e. The van der Waals surface area contributed by atoms with Crippen molar-refractivity contribution in [1.82, 2.24) is 14.8 Å². The minimum Gasteiger partial charge on any atom is -0.480 e. The number of ether oxygens (including phenoxy) is 2. The Kier molecular flexibility index (Phi) is 6.03. The number of amides is 2. The monoisotopic (exact) mass is 491 g/mol. The quantitative estimate of drug-likeness (QED) is 0.679. The molecule has 1 N–H and O–H groups in total. The average molecular weight is 492 g/mol. The van der Waals surface area contributed by atoms with E-state index in [9.17, 15) is 14.7 Å². The van der Waals surface area contributed by atoms with Gasteiger partial charge >= 0.3 is 6.09 Å². The lowest BCUT2D eigenvalue weighted by Gasteiger charge is -2.39. The number of hydrogen-bond acceptors (Lipinski definition) is 6. The zero-order chi connectivity index (χ0) is 25.7. The fraction of sp³-hybridized carbons (Fsp3) is 0.464. The van der Waals surface area contributed by atoms with Gasteiger partial charge in [0.25, 0.3) is 5.91 Å². The maximum absolute atomic E-state index is 12.7. The first-order valence-electron chi connectivity index (χ1n) is 12.5. The van der Waals surface area contributed by atoms with Gasteiger partial charge in [-0.2, -0.15) is 0 Å². The molecule has 0 bridgehead atoms. The van der Waals surface area contributed by atoms with Crippen molar-refractivity contribution >= 4 is 17.6 Å². The van der Waals surface area contributed by atoms with E-state index < -0.39 is 17.3 Å². The number of hydrogen-bond donors (Lipinski definition) is 1. The fourth-order valence-corrected chi connectivity index (χ4v) is 5.11. The second kappa shape index (κ2) is 8.92. The zero-order valence-electron chi connectivity index (χ0n) is 21.1. The first kappa shape index (κ1) is 24.3. The molecular formula is C28H33N3O5. The molecule has 0 unspecified atom stereocenters. The second-order valence-corrected chi connectivity index (χ2v) is 10.9. The number of aliphatic hydroxyl groups is 1. The third kappa shape index (κ3) is 4.57. The van der Waals surface area contributed by atoms with Crippen molar-refractivity contribution in [2.75, 3.05) is 26.2 Å². The highest BCUT2D eigenvalue weighted by molar-refractivity contribution is 5.95. The van der Waals surface area contributed by atoms with E-state index in [-0.39, 0.29) is 12.0 Å². The highest BCUT2D eigenvalue weighted by atomic mass is 16.6. The van der Waals surface area contributed by atoms with E-state index in [1.807, 2.05) is 39.0 Å². The first-order chi connectivity index (χ1) is 17.0. The van der Waals surface area contributed by atoms with Crippen LogP contribution < -0.4 is 4.74 Å². The topological polar surface area (TPSA) is 92.2 Å². The lowest BCUT2D eigenvalue weighted by Crippen LogP contribution is -2.49. The van der Waals surface area contributed by atoms with Crippen LogP contribution in [0.5, 0.6) is 5.75 Å². The summed E-state index contributed by atoms with van der Waals surface area (Å²) in [5.41, 5.74) is 3.03. The van der Waals surface area contributed by atoms with Gasteiger partial charge in [-0.1, -0.05) is 18.7 Å². The summed E-state index contributed by atoms with van der Waals surface area (Å²) < 4.78 is 11.9. The average Bonchev–Trinajstić information content (AvgIpc) is 3.39. The number of likely N-dealkylation sites (tertiary alicyclic amines) is 2. The van der Waals surface area contributed by atoms with Crippen molar-refractivity contribution < 1.29 is 24.2 Å². The van der Waals surface area contributed by atoms with Crippen molar-refractivity contribution in [3.8, 4) is 17.0 Å². The molecular weight excluding hydrogens is 458 g/mol. The van der Waals surface area contributed by atoms with Gasteiger partial charge in [0, 0.05) is 55.7 Å². The fourth-order valence-electron chi connectivity index (χ4n) is 5.11. The van der Waals surface area contributed by atoms with Crippen LogP contribution in [0, 0.1) is 0 Å². The number of carbonyl (C=O) groups is 2. The maximum Gasteiger partial charge on any atom is 0.410 e. The minimum absolute atomic E-state index is 0.0681. The molecule has 2 amide bonds. The minimum atomic E-state index is -0.544. The summed E-state index contributed by atoms with van der Waals surface area (Å²) in [6.07, 6.45) is 2.89. The number of benzene rings is 1. The van der Waals surface area contributed by atoms with Gasteiger partial charge in [-0.25, -0.2) is 4.79 Å². The van der Waals surface area contributed by atoms with E-state index in [4.69, 9.17) is 9.47 Å². The summed E-state index contributed by atoms with van der Waals surface area (Å²) in [6, 6.07) is 9.37. The van der Waals surface area contributed by atoms with Gasteiger partial charge in [-0.15, -0.1) is 0 Å². The smallest absolute Gasteiger partial charge is 0.410 e. The van der Waals surface area contributed by atoms with E-state index >= 15 is 0 Å². The molecule has 0 radical (unpaired) electrons. The molecule has 2 aromatic rings. The summed E-state index contributed by atoms with van der Waals surface area (Å²) in [4.78, 5) is 33.2. The molecule has 8 heteroatoms. The number of aromatic nitrogens is 1. The Labute approximate surface area is 211 Å². The van der Waals surface area contributed by atoms with Gasteiger partial charge in [0.05, 0.1) is 18.0 Å². The van der Waals surface area contributed by atoms with Gasteiger partial charge in [0.15, 0.2) is 0 Å². The van der Waals surface area contributed by atoms with Crippen molar-refractivity contribution in [2.24, 2.45) is 0 Å². The molecule has 36 heavy (non-hydrogen) atoms. The number of β-amino-alcohol motifs (C(OH)–C–C–N with tert-alkyl or cyclic N) is 1. The lowest BCUT2D eigenvalue weighted by atomic mass is 9.83. The normalized spacial score (nSPS) is 20.9. The predicted molar refractivity (Wildman–Crippen MR) is 136 cm³/mol. The maximum atomic E-state index is 12.7. The van der Waals surface area contributed by atoms with Crippen LogP contribution in [0.1, 0.15) is 56.0 Å². The van der Waals surface area contributed by atoms with Crippen molar-refractivity contribution in [3.63, 3.8) is 0 Å². The standard InChI is InChI=1S/C28H33N3O5/c1-18-22-15-23(19-5-7-20(8-6-19)25(33)31-12-9-21(32)17-31)29-16-24(22)35-28(18)10-13-30(14-11-28)26(34)36-27(2,3)4/h5-8,15-16,21,32H,1,9-14,17H2,2-4H3/t21-/m1/s1. The summed E-state index contributed by atoms with van der Waals surface area (Å²) >= 11 is 0. The number of nitrogens with zero attached hydrogens (tertiary/aromatic N) is 3. The molecule has 1 aromatic heterocycles. The molecule has 1 spiro atoms. The van der Waals surface area contributed by atoms with Crippen LogP contribution in [0.4, 0.5) is 4.79 Å². The molecule has 1 atom stereocenters. The van der Waals surface area contributed by atoms with Crippen LogP contribution >= 0.6 is 0 Å². The molecule has 5 rings (SSSR count). The van der Waals surface area contributed by atoms with Crippen molar-refractivity contribution in [3.05, 3.63) is 54.2 Å². The molecule has 8 nitrogen and oxygen atoms in total. The van der Waals surface area contributed by atoms with E-state index in [0.29, 0.717) is 56.8 Å². The zero-order valence-corrected chi connectivity index (χ0v) is 21.1. The molecule has 1 aromatic carbocycles. The number of pyridine rings is 1. The van der Waals surface area contributed by atoms with E-state index in [1.54, 1.807) is 28.1 Å². The van der Waals surface area contributed by atoms with Crippen LogP contribution in [-0.4, -0.2) is 75.4 Å². The van der Waals surface area contributed by atoms with E-state index in [1.165, 1.54) is 0 Å². The number of piperidine rings is 1. The Morgan fingerprint density at radius 1 is 1.14 bits per heavy atom. The molecule has 2 fully saturated rings. The van der Waals surface area contributed by atoms with Crippen molar-refractivity contribution in [1.29, 1.82) is 0 Å². The van der Waals surface area contributed by atoms with E-state index in [0.717, 1.165) is 22.4 Å². The summed E-state index contributed by atoms with van der Waals surface area (Å²) in [6.45, 7) is 12.0. The molecule has 2 saturated heterocycles. The Balaban J connectivity index is 1.28.